The Labute approximate surface area is 167 Å². The van der Waals surface area contributed by atoms with Crippen LogP contribution in [0.4, 0.5) is 11.8 Å². The van der Waals surface area contributed by atoms with Gasteiger partial charge in [-0.2, -0.15) is 4.98 Å². The first kappa shape index (κ1) is 17.0. The molecule has 2 heterocycles. The van der Waals surface area contributed by atoms with Crippen LogP contribution in [-0.4, -0.2) is 25.8 Å². The van der Waals surface area contributed by atoms with Crippen molar-refractivity contribution in [1.29, 1.82) is 0 Å². The number of aromatic nitrogens is 4. The number of rotatable bonds is 4. The lowest BCUT2D eigenvalue weighted by Crippen LogP contribution is -2.06. The molecule has 28 heavy (non-hydrogen) atoms. The maximum atomic E-state index is 6.53. The van der Waals surface area contributed by atoms with Crippen molar-refractivity contribution in [3.63, 3.8) is 0 Å². The Balaban J connectivity index is 1.76. The van der Waals surface area contributed by atoms with Gasteiger partial charge in [0.05, 0.1) is 16.8 Å². The summed E-state index contributed by atoms with van der Waals surface area (Å²) in [7, 11) is 0. The number of nitrogens with two attached hydrogens (primary N) is 1. The quantitative estimate of drug-likeness (QED) is 0.532. The molecule has 0 radical (unpaired) electrons. The zero-order chi connectivity index (χ0) is 19.3. The molecule has 0 aliphatic heterocycles. The zero-order valence-corrected chi connectivity index (χ0v) is 16.1. The van der Waals surface area contributed by atoms with Crippen molar-refractivity contribution >= 4 is 34.4 Å². The summed E-state index contributed by atoms with van der Waals surface area (Å²) < 4.78 is 1.72. The molecular formula is C21H19ClN6. The highest BCUT2D eigenvalue weighted by Gasteiger charge is 2.24. The Morgan fingerprint density at radius 3 is 2.68 bits per heavy atom. The second-order valence-corrected chi connectivity index (χ2v) is 7.60. The van der Waals surface area contributed by atoms with Gasteiger partial charge in [0.15, 0.2) is 5.65 Å². The number of anilines is 2. The number of nitrogens with one attached hydrogen (secondary N) is 1. The van der Waals surface area contributed by atoms with E-state index in [0.717, 1.165) is 40.7 Å². The Kier molecular flexibility index (Phi) is 3.94. The minimum atomic E-state index is 0.431. The molecule has 0 spiro atoms. The van der Waals surface area contributed by atoms with Gasteiger partial charge in [-0.3, -0.25) is 0 Å². The third-order valence-electron chi connectivity index (χ3n) is 4.82. The molecule has 140 valence electrons. The highest BCUT2D eigenvalue weighted by atomic mass is 35.5. The molecule has 5 rings (SSSR count). The van der Waals surface area contributed by atoms with Crippen LogP contribution in [0.25, 0.3) is 28.0 Å². The first-order valence-corrected chi connectivity index (χ1v) is 9.62. The van der Waals surface area contributed by atoms with E-state index in [-0.39, 0.29) is 0 Å². The summed E-state index contributed by atoms with van der Waals surface area (Å²) in [5.41, 5.74) is 10.7. The Morgan fingerprint density at radius 2 is 1.93 bits per heavy atom. The highest BCUT2D eigenvalue weighted by molar-refractivity contribution is 6.30. The molecule has 1 aliphatic rings. The largest absolute Gasteiger partial charge is 0.383 e. The highest BCUT2D eigenvalue weighted by Crippen LogP contribution is 2.34. The minimum Gasteiger partial charge on any atom is -0.383 e. The molecule has 1 aliphatic carbocycles. The summed E-state index contributed by atoms with van der Waals surface area (Å²) >= 11 is 6.23. The summed E-state index contributed by atoms with van der Waals surface area (Å²) in [6, 6.07) is 16.1. The van der Waals surface area contributed by atoms with E-state index in [0.29, 0.717) is 28.5 Å². The van der Waals surface area contributed by atoms with Gasteiger partial charge in [0, 0.05) is 16.6 Å². The van der Waals surface area contributed by atoms with Crippen molar-refractivity contribution in [2.24, 2.45) is 0 Å². The third kappa shape index (κ3) is 3.05. The normalized spacial score (nSPS) is 13.8. The van der Waals surface area contributed by atoms with Gasteiger partial charge in [-0.05, 0) is 49.6 Å². The molecule has 3 N–H and O–H groups in total. The van der Waals surface area contributed by atoms with Crippen molar-refractivity contribution < 1.29 is 0 Å². The second-order valence-electron chi connectivity index (χ2n) is 7.16. The van der Waals surface area contributed by atoms with E-state index in [1.165, 1.54) is 0 Å². The molecular weight excluding hydrogens is 372 g/mol. The molecule has 7 heteroatoms. The lowest BCUT2D eigenvalue weighted by molar-refractivity contribution is 0.897. The number of nitrogen functional groups attached to an aromatic ring is 1. The van der Waals surface area contributed by atoms with Gasteiger partial charge in [-0.15, -0.1) is 5.10 Å². The van der Waals surface area contributed by atoms with Crippen LogP contribution in [-0.2, 0) is 0 Å². The fourth-order valence-corrected chi connectivity index (χ4v) is 3.48. The number of nitrogens with zero attached hydrogens (tertiary/aromatic N) is 4. The van der Waals surface area contributed by atoms with Gasteiger partial charge < -0.3 is 11.1 Å². The van der Waals surface area contributed by atoms with Gasteiger partial charge in [-0.25, -0.2) is 9.67 Å². The molecule has 0 atom stereocenters. The van der Waals surface area contributed by atoms with Gasteiger partial charge in [0.25, 0.3) is 0 Å². The number of aryl methyl sites for hydroxylation is 1. The maximum absolute atomic E-state index is 6.53. The van der Waals surface area contributed by atoms with E-state index in [1.807, 2.05) is 55.5 Å². The molecule has 1 fully saturated rings. The van der Waals surface area contributed by atoms with E-state index in [9.17, 15) is 0 Å². The average molecular weight is 391 g/mol. The lowest BCUT2D eigenvalue weighted by atomic mass is 10.1. The maximum Gasteiger partial charge on any atom is 0.225 e. The Hall–Kier alpha value is -3.12. The first-order chi connectivity index (χ1) is 13.6. The average Bonchev–Trinajstić information content (AvgIpc) is 3.43. The molecule has 6 nitrogen and oxygen atoms in total. The molecule has 4 aromatic rings. The second kappa shape index (κ2) is 6.49. The predicted molar refractivity (Wildman–Crippen MR) is 113 cm³/mol. The number of fused-ring (bicyclic) bond motifs is 1. The number of hydrogen-bond donors (Lipinski definition) is 2. The Morgan fingerprint density at radius 1 is 1.11 bits per heavy atom. The predicted octanol–water partition coefficient (Wildman–Crippen LogP) is 4.60. The lowest BCUT2D eigenvalue weighted by Gasteiger charge is -2.08. The van der Waals surface area contributed by atoms with Crippen LogP contribution in [0, 0.1) is 6.92 Å². The molecule has 2 aromatic heterocycles. The van der Waals surface area contributed by atoms with Crippen molar-refractivity contribution in [2.75, 3.05) is 11.1 Å². The summed E-state index contributed by atoms with van der Waals surface area (Å²) in [6.45, 7) is 2.04. The minimum absolute atomic E-state index is 0.431. The van der Waals surface area contributed by atoms with E-state index in [4.69, 9.17) is 22.3 Å². The van der Waals surface area contributed by atoms with Crippen LogP contribution in [0.2, 0.25) is 5.02 Å². The molecule has 2 aromatic carbocycles. The van der Waals surface area contributed by atoms with Crippen LogP contribution in [0.5, 0.6) is 0 Å². The fourth-order valence-electron chi connectivity index (χ4n) is 3.29. The third-order valence-corrected chi connectivity index (χ3v) is 5.06. The first-order valence-electron chi connectivity index (χ1n) is 9.24. The number of halogens is 1. The van der Waals surface area contributed by atoms with Crippen LogP contribution in [0.15, 0.2) is 48.5 Å². The molecule has 0 bridgehead atoms. The van der Waals surface area contributed by atoms with Crippen molar-refractivity contribution in [1.82, 2.24) is 19.7 Å². The van der Waals surface area contributed by atoms with Crippen LogP contribution in [0.1, 0.15) is 18.4 Å². The topological polar surface area (TPSA) is 81.7 Å². The smallest absolute Gasteiger partial charge is 0.225 e. The zero-order valence-electron chi connectivity index (χ0n) is 15.4. The van der Waals surface area contributed by atoms with Gasteiger partial charge in [0.1, 0.15) is 5.82 Å². The summed E-state index contributed by atoms with van der Waals surface area (Å²) in [5.74, 6) is 1.08. The van der Waals surface area contributed by atoms with Crippen molar-refractivity contribution in [3.8, 4) is 16.9 Å². The van der Waals surface area contributed by atoms with Gasteiger partial charge in [0.2, 0.25) is 5.95 Å². The van der Waals surface area contributed by atoms with E-state index in [1.54, 1.807) is 4.68 Å². The van der Waals surface area contributed by atoms with Crippen LogP contribution < -0.4 is 11.1 Å². The summed E-state index contributed by atoms with van der Waals surface area (Å²) in [5, 5.41) is 9.42. The summed E-state index contributed by atoms with van der Waals surface area (Å²) in [4.78, 5) is 9.39. The number of hydrogen-bond acceptors (Lipinski definition) is 5. The van der Waals surface area contributed by atoms with E-state index in [2.05, 4.69) is 15.4 Å². The van der Waals surface area contributed by atoms with Gasteiger partial charge in [-0.1, -0.05) is 35.9 Å². The SMILES string of the molecule is Cc1cccc(-n2nc3nc(NC4CC4)nc(-c4cccc(Cl)c4)c3c2N)c1. The van der Waals surface area contributed by atoms with Crippen LogP contribution in [0.3, 0.4) is 0 Å². The van der Waals surface area contributed by atoms with E-state index >= 15 is 0 Å². The fraction of sp³-hybridized carbons (Fsp3) is 0.190. The van der Waals surface area contributed by atoms with Crippen LogP contribution >= 0.6 is 11.6 Å². The standard InChI is InChI=1S/C21H19ClN6/c1-12-4-2-7-16(10-12)28-19(23)17-18(13-5-3-6-14(22)11-13)25-21(24-15-8-9-15)26-20(17)27-28/h2-7,10-11,15H,8-9,23H2,1H3,(H,24,26,27). The monoisotopic (exact) mass is 390 g/mol. The van der Waals surface area contributed by atoms with Crippen molar-refractivity contribution in [3.05, 3.63) is 59.1 Å². The number of benzene rings is 2. The molecule has 0 saturated heterocycles. The van der Waals surface area contributed by atoms with E-state index < -0.39 is 0 Å². The Bertz CT molecular complexity index is 1190. The molecule has 0 unspecified atom stereocenters. The van der Waals surface area contributed by atoms with Crippen molar-refractivity contribution in [2.45, 2.75) is 25.8 Å². The molecule has 0 amide bonds. The summed E-state index contributed by atoms with van der Waals surface area (Å²) in [6.07, 6.45) is 2.27. The molecule has 1 saturated carbocycles. The van der Waals surface area contributed by atoms with Gasteiger partial charge >= 0.3 is 0 Å².